The summed E-state index contributed by atoms with van der Waals surface area (Å²) in [6, 6.07) is -2.00. The Morgan fingerprint density at radius 2 is 2.26 bits per heavy atom. The van der Waals surface area contributed by atoms with Gasteiger partial charge in [-0.3, -0.25) is 15.3 Å². The zero-order chi connectivity index (χ0) is 17.0. The summed E-state index contributed by atoms with van der Waals surface area (Å²) in [5.41, 5.74) is 6.35. The van der Waals surface area contributed by atoms with Crippen molar-refractivity contribution < 1.29 is 14.8 Å². The number of aromatic nitrogens is 4. The molecule has 2 heterocycles. The molecular formula is C12H17N7O3S. The number of imidazole rings is 1. The molecule has 0 saturated heterocycles. The molecule has 23 heavy (non-hydrogen) atoms. The summed E-state index contributed by atoms with van der Waals surface area (Å²) in [5, 5.41) is 12.4. The SMILES string of the molecule is CCC[C@H](N)C(=O)N(O)C(=O)Nc1nc(SC)nc2nc[nH]c12. The molecule has 0 bridgehead atoms. The minimum Gasteiger partial charge on any atom is -0.340 e. The highest BCUT2D eigenvalue weighted by Crippen LogP contribution is 2.20. The number of thioether (sulfide) groups is 1. The molecule has 1 atom stereocenters. The minimum atomic E-state index is -1.05. The summed E-state index contributed by atoms with van der Waals surface area (Å²) in [5.74, 6) is -0.776. The summed E-state index contributed by atoms with van der Waals surface area (Å²) in [4.78, 5) is 38.9. The Kier molecular flexibility index (Phi) is 5.47. The van der Waals surface area contributed by atoms with Crippen molar-refractivity contribution in [1.82, 2.24) is 25.0 Å². The van der Waals surface area contributed by atoms with E-state index in [9.17, 15) is 14.8 Å². The first-order valence-corrected chi connectivity index (χ1v) is 8.04. The van der Waals surface area contributed by atoms with E-state index < -0.39 is 18.0 Å². The minimum absolute atomic E-state index is 0.0383. The van der Waals surface area contributed by atoms with Gasteiger partial charge in [-0.2, -0.15) is 0 Å². The van der Waals surface area contributed by atoms with Gasteiger partial charge in [-0.05, 0) is 12.7 Å². The van der Waals surface area contributed by atoms with Gasteiger partial charge in [-0.15, -0.1) is 5.06 Å². The number of H-pyrrole nitrogens is 1. The molecule has 0 unspecified atom stereocenters. The average molecular weight is 339 g/mol. The fourth-order valence-electron chi connectivity index (χ4n) is 1.84. The van der Waals surface area contributed by atoms with E-state index in [1.54, 1.807) is 6.26 Å². The summed E-state index contributed by atoms with van der Waals surface area (Å²) in [6.45, 7) is 1.84. The molecular weight excluding hydrogens is 322 g/mol. The number of urea groups is 1. The van der Waals surface area contributed by atoms with Crippen LogP contribution in [0.2, 0.25) is 0 Å². The molecule has 5 N–H and O–H groups in total. The first kappa shape index (κ1) is 17.1. The van der Waals surface area contributed by atoms with Gasteiger partial charge < -0.3 is 10.7 Å². The standard InChI is InChI=1S/C12H17N7O3S/c1-3-4-6(13)10(20)19(22)12(21)18-9-7-8(15-5-14-7)16-11(17-9)23-2/h5-6,22H,3-4,13H2,1-2H3,(H2,14,15,16,17,18,21)/t6-/m0/s1. The number of hydrogen-bond donors (Lipinski definition) is 4. The Bertz CT molecular complexity index is 720. The summed E-state index contributed by atoms with van der Waals surface area (Å²) in [7, 11) is 0. The molecule has 11 heteroatoms. The number of aromatic amines is 1. The smallest absolute Gasteiger partial charge is 0.340 e. The highest BCUT2D eigenvalue weighted by molar-refractivity contribution is 7.98. The molecule has 2 aromatic rings. The molecule has 0 aliphatic heterocycles. The van der Waals surface area contributed by atoms with Crippen LogP contribution in [-0.2, 0) is 4.79 Å². The molecule has 10 nitrogen and oxygen atoms in total. The van der Waals surface area contributed by atoms with Crippen LogP contribution in [0.3, 0.4) is 0 Å². The molecule has 0 radical (unpaired) electrons. The number of rotatable bonds is 5. The molecule has 0 saturated carbocycles. The Morgan fingerprint density at radius 3 is 2.91 bits per heavy atom. The second kappa shape index (κ2) is 7.35. The van der Waals surface area contributed by atoms with E-state index in [2.05, 4.69) is 25.3 Å². The van der Waals surface area contributed by atoms with E-state index in [0.717, 1.165) is 0 Å². The molecule has 0 aliphatic carbocycles. The van der Waals surface area contributed by atoms with Crippen molar-refractivity contribution in [2.24, 2.45) is 5.73 Å². The number of imide groups is 1. The third-order valence-corrected chi connectivity index (χ3v) is 3.54. The van der Waals surface area contributed by atoms with Crippen LogP contribution in [0.1, 0.15) is 19.8 Å². The Morgan fingerprint density at radius 1 is 1.52 bits per heavy atom. The van der Waals surface area contributed by atoms with Crippen LogP contribution in [0, 0.1) is 0 Å². The summed E-state index contributed by atoms with van der Waals surface area (Å²) >= 11 is 1.26. The van der Waals surface area contributed by atoms with Gasteiger partial charge in [-0.25, -0.2) is 19.7 Å². The van der Waals surface area contributed by atoms with Crippen molar-refractivity contribution in [3.63, 3.8) is 0 Å². The number of nitrogens with zero attached hydrogens (tertiary/aromatic N) is 4. The largest absolute Gasteiger partial charge is 0.354 e. The van der Waals surface area contributed by atoms with Crippen molar-refractivity contribution in [3.05, 3.63) is 6.33 Å². The van der Waals surface area contributed by atoms with E-state index in [4.69, 9.17) is 5.73 Å². The van der Waals surface area contributed by atoms with E-state index >= 15 is 0 Å². The van der Waals surface area contributed by atoms with Crippen LogP contribution < -0.4 is 11.1 Å². The molecule has 3 amide bonds. The highest BCUT2D eigenvalue weighted by atomic mass is 32.2. The van der Waals surface area contributed by atoms with Crippen molar-refractivity contribution in [3.8, 4) is 0 Å². The Balaban J connectivity index is 2.19. The van der Waals surface area contributed by atoms with E-state index in [1.165, 1.54) is 18.1 Å². The van der Waals surface area contributed by atoms with Gasteiger partial charge in [-0.1, -0.05) is 25.1 Å². The zero-order valence-corrected chi connectivity index (χ0v) is 13.4. The lowest BCUT2D eigenvalue weighted by molar-refractivity contribution is -0.153. The number of amides is 3. The molecule has 0 aliphatic rings. The molecule has 0 aromatic carbocycles. The third-order valence-electron chi connectivity index (χ3n) is 2.99. The number of fused-ring (bicyclic) bond motifs is 1. The van der Waals surface area contributed by atoms with Crippen molar-refractivity contribution in [2.75, 3.05) is 11.6 Å². The monoisotopic (exact) mass is 339 g/mol. The van der Waals surface area contributed by atoms with Crippen molar-refractivity contribution in [1.29, 1.82) is 0 Å². The van der Waals surface area contributed by atoms with Gasteiger partial charge >= 0.3 is 6.03 Å². The molecule has 124 valence electrons. The van der Waals surface area contributed by atoms with E-state index in [1.807, 2.05) is 6.92 Å². The number of anilines is 1. The maximum atomic E-state index is 12.0. The maximum absolute atomic E-state index is 12.0. The molecule has 2 rings (SSSR count). The number of carbonyl (C=O) groups is 2. The highest BCUT2D eigenvalue weighted by Gasteiger charge is 2.26. The van der Waals surface area contributed by atoms with Gasteiger partial charge in [0.1, 0.15) is 5.52 Å². The number of carbonyl (C=O) groups excluding carboxylic acids is 2. The second-order valence-electron chi connectivity index (χ2n) is 4.64. The van der Waals surface area contributed by atoms with Gasteiger partial charge in [0.15, 0.2) is 16.6 Å². The molecule has 0 fully saturated rings. The Labute approximate surface area is 135 Å². The molecule has 0 spiro atoms. The lowest BCUT2D eigenvalue weighted by Gasteiger charge is -2.17. The quantitative estimate of drug-likeness (QED) is 0.272. The normalized spacial score (nSPS) is 12.2. The number of nitrogens with one attached hydrogen (secondary N) is 2. The lowest BCUT2D eigenvalue weighted by Crippen LogP contribution is -2.46. The topological polar surface area (TPSA) is 150 Å². The summed E-state index contributed by atoms with van der Waals surface area (Å²) in [6.07, 6.45) is 4.18. The van der Waals surface area contributed by atoms with Gasteiger partial charge in [0.05, 0.1) is 12.4 Å². The van der Waals surface area contributed by atoms with Crippen LogP contribution in [-0.4, -0.2) is 54.4 Å². The fourth-order valence-corrected chi connectivity index (χ4v) is 2.20. The first-order valence-electron chi connectivity index (χ1n) is 6.82. The number of hydroxylamine groups is 2. The Hall–Kier alpha value is -2.24. The van der Waals surface area contributed by atoms with Crippen LogP contribution in [0.5, 0.6) is 0 Å². The van der Waals surface area contributed by atoms with Crippen molar-refractivity contribution in [2.45, 2.75) is 31.0 Å². The predicted octanol–water partition coefficient (Wildman–Crippen LogP) is 0.952. The van der Waals surface area contributed by atoms with E-state index in [0.29, 0.717) is 29.2 Å². The zero-order valence-electron chi connectivity index (χ0n) is 12.6. The van der Waals surface area contributed by atoms with Gasteiger partial charge in [0.25, 0.3) is 5.91 Å². The first-order chi connectivity index (χ1) is 11.0. The van der Waals surface area contributed by atoms with Crippen LogP contribution >= 0.6 is 11.8 Å². The van der Waals surface area contributed by atoms with Crippen LogP contribution in [0.15, 0.2) is 11.5 Å². The van der Waals surface area contributed by atoms with E-state index in [-0.39, 0.29) is 10.9 Å². The maximum Gasteiger partial charge on any atom is 0.354 e. The fraction of sp³-hybridized carbons (Fsp3) is 0.417. The second-order valence-corrected chi connectivity index (χ2v) is 5.41. The lowest BCUT2D eigenvalue weighted by atomic mass is 10.2. The predicted molar refractivity (Wildman–Crippen MR) is 84.0 cm³/mol. The average Bonchev–Trinajstić information content (AvgIpc) is 3.02. The van der Waals surface area contributed by atoms with Crippen molar-refractivity contribution >= 4 is 40.7 Å². The van der Waals surface area contributed by atoms with Crippen LogP contribution in [0.25, 0.3) is 11.2 Å². The summed E-state index contributed by atoms with van der Waals surface area (Å²) < 4.78 is 0. The number of hydrogen-bond acceptors (Lipinski definition) is 8. The van der Waals surface area contributed by atoms with Gasteiger partial charge in [0.2, 0.25) is 0 Å². The van der Waals surface area contributed by atoms with Crippen LogP contribution in [0.4, 0.5) is 10.6 Å². The third kappa shape index (κ3) is 3.75. The number of nitrogens with two attached hydrogens (primary N) is 1. The molecule has 2 aromatic heterocycles. The van der Waals surface area contributed by atoms with Gasteiger partial charge in [0, 0.05) is 0 Å².